The number of hydrogen-bond acceptors (Lipinski definition) is 4. The number of hydrogen-bond donors (Lipinski definition) is 3. The predicted molar refractivity (Wildman–Crippen MR) is 29.9 cm³/mol. The van der Waals surface area contributed by atoms with Crippen LogP contribution in [0.1, 0.15) is 6.42 Å². The van der Waals surface area contributed by atoms with E-state index in [1.807, 2.05) is 0 Å². The molecule has 0 aromatic heterocycles. The van der Waals surface area contributed by atoms with Crippen LogP contribution in [0.15, 0.2) is 0 Å². The van der Waals surface area contributed by atoms with E-state index in [1.165, 1.54) is 0 Å². The molecule has 0 spiro atoms. The number of aliphatic hydroxyl groups is 3. The van der Waals surface area contributed by atoms with Crippen molar-refractivity contribution in [3.63, 3.8) is 0 Å². The maximum atomic E-state index is 8.48. The Kier molecular flexibility index (Phi) is 5.86. The van der Waals surface area contributed by atoms with Crippen molar-refractivity contribution in [2.24, 2.45) is 0 Å². The van der Waals surface area contributed by atoms with Crippen LogP contribution in [0.2, 0.25) is 0 Å². The number of ether oxygens (including phenoxy) is 1. The lowest BCUT2D eigenvalue weighted by Crippen LogP contribution is -2.13. The molecule has 0 fully saturated rings. The molecular weight excluding hydrogens is 124 g/mol. The highest BCUT2D eigenvalue weighted by Crippen LogP contribution is 1.89. The maximum Gasteiger partial charge on any atom is 0.183 e. The van der Waals surface area contributed by atoms with Gasteiger partial charge in [0.25, 0.3) is 0 Å². The van der Waals surface area contributed by atoms with Gasteiger partial charge in [-0.3, -0.25) is 0 Å². The first-order chi connectivity index (χ1) is 4.31. The summed E-state index contributed by atoms with van der Waals surface area (Å²) in [6, 6.07) is 0. The number of rotatable bonds is 5. The molecule has 1 atom stereocenters. The second-order valence-electron chi connectivity index (χ2n) is 1.49. The van der Waals surface area contributed by atoms with Crippen LogP contribution in [-0.2, 0) is 4.74 Å². The molecule has 0 rings (SSSR count). The molecule has 0 aliphatic carbocycles. The molecule has 4 nitrogen and oxygen atoms in total. The molecule has 0 saturated heterocycles. The molecule has 1 radical (unpaired) electrons. The number of aliphatic hydroxyl groups excluding tert-OH is 3. The Labute approximate surface area is 53.7 Å². The van der Waals surface area contributed by atoms with E-state index in [4.69, 9.17) is 15.3 Å². The Morgan fingerprint density at radius 2 is 2.22 bits per heavy atom. The summed E-state index contributed by atoms with van der Waals surface area (Å²) < 4.78 is 4.52. The summed E-state index contributed by atoms with van der Waals surface area (Å²) in [6.07, 6.45) is -0.762. The topological polar surface area (TPSA) is 69.9 Å². The summed E-state index contributed by atoms with van der Waals surface area (Å²) in [7, 11) is 0. The van der Waals surface area contributed by atoms with Crippen LogP contribution < -0.4 is 0 Å². The van der Waals surface area contributed by atoms with E-state index >= 15 is 0 Å². The fourth-order valence-electron chi connectivity index (χ4n) is 0.312. The van der Waals surface area contributed by atoms with E-state index in [-0.39, 0.29) is 13.2 Å². The monoisotopic (exact) mass is 135 g/mol. The zero-order valence-corrected chi connectivity index (χ0v) is 5.03. The summed E-state index contributed by atoms with van der Waals surface area (Å²) in [5, 5.41) is 24.8. The first-order valence-electron chi connectivity index (χ1n) is 2.69. The van der Waals surface area contributed by atoms with Crippen molar-refractivity contribution < 1.29 is 20.1 Å². The van der Waals surface area contributed by atoms with Gasteiger partial charge in [0.15, 0.2) is 6.29 Å². The quantitative estimate of drug-likeness (QED) is 0.342. The van der Waals surface area contributed by atoms with Gasteiger partial charge in [-0.15, -0.1) is 0 Å². The third kappa shape index (κ3) is 5.72. The van der Waals surface area contributed by atoms with Gasteiger partial charge in [0.1, 0.15) is 6.61 Å². The van der Waals surface area contributed by atoms with Crippen molar-refractivity contribution in [2.45, 2.75) is 12.7 Å². The second-order valence-corrected chi connectivity index (χ2v) is 1.49. The Morgan fingerprint density at radius 3 is 2.67 bits per heavy atom. The minimum Gasteiger partial charge on any atom is -0.396 e. The fourth-order valence-corrected chi connectivity index (χ4v) is 0.312. The van der Waals surface area contributed by atoms with Crippen LogP contribution in [0, 0.1) is 6.61 Å². The molecular formula is C5H11O4. The molecule has 0 aromatic carbocycles. The third-order valence-electron chi connectivity index (χ3n) is 0.719. The van der Waals surface area contributed by atoms with E-state index in [1.54, 1.807) is 0 Å². The van der Waals surface area contributed by atoms with Crippen molar-refractivity contribution in [3.05, 3.63) is 6.61 Å². The van der Waals surface area contributed by atoms with Gasteiger partial charge in [0.05, 0.1) is 6.61 Å². The molecule has 4 heteroatoms. The van der Waals surface area contributed by atoms with Crippen molar-refractivity contribution in [3.8, 4) is 0 Å². The summed E-state index contributed by atoms with van der Waals surface area (Å²) in [4.78, 5) is 0. The molecule has 0 aromatic rings. The van der Waals surface area contributed by atoms with Crippen LogP contribution in [0.5, 0.6) is 0 Å². The summed E-state index contributed by atoms with van der Waals surface area (Å²) >= 11 is 0. The first kappa shape index (κ1) is 8.84. The molecule has 0 aliphatic heterocycles. The minimum absolute atomic E-state index is 0.0259. The SMILES string of the molecule is O[CH]C(O)OCCCO. The zero-order chi connectivity index (χ0) is 7.11. The first-order valence-corrected chi connectivity index (χ1v) is 2.69. The lowest BCUT2D eigenvalue weighted by molar-refractivity contribution is -0.100. The average molecular weight is 135 g/mol. The van der Waals surface area contributed by atoms with E-state index in [2.05, 4.69) is 4.74 Å². The Morgan fingerprint density at radius 1 is 1.56 bits per heavy atom. The lowest BCUT2D eigenvalue weighted by atomic mass is 10.5. The van der Waals surface area contributed by atoms with Crippen molar-refractivity contribution in [2.75, 3.05) is 13.2 Å². The molecule has 1 unspecified atom stereocenters. The molecule has 9 heavy (non-hydrogen) atoms. The van der Waals surface area contributed by atoms with E-state index < -0.39 is 6.29 Å². The van der Waals surface area contributed by atoms with Gasteiger partial charge < -0.3 is 20.1 Å². The highest BCUT2D eigenvalue weighted by atomic mass is 16.6. The van der Waals surface area contributed by atoms with Crippen LogP contribution in [0.4, 0.5) is 0 Å². The van der Waals surface area contributed by atoms with Gasteiger partial charge in [-0.2, -0.15) is 0 Å². The van der Waals surface area contributed by atoms with E-state index in [9.17, 15) is 0 Å². The van der Waals surface area contributed by atoms with Gasteiger partial charge in [0, 0.05) is 6.61 Å². The summed E-state index contributed by atoms with van der Waals surface area (Å²) in [5.41, 5.74) is 0. The summed E-state index contributed by atoms with van der Waals surface area (Å²) in [6.45, 7) is 0.810. The lowest BCUT2D eigenvalue weighted by Gasteiger charge is -2.05. The molecule has 0 aliphatic rings. The largest absolute Gasteiger partial charge is 0.396 e. The van der Waals surface area contributed by atoms with Gasteiger partial charge in [-0.25, -0.2) is 0 Å². The third-order valence-corrected chi connectivity index (χ3v) is 0.719. The minimum atomic E-state index is -1.23. The second kappa shape index (κ2) is 5.97. The van der Waals surface area contributed by atoms with Gasteiger partial charge in [-0.1, -0.05) is 0 Å². The van der Waals surface area contributed by atoms with Gasteiger partial charge in [0.2, 0.25) is 0 Å². The van der Waals surface area contributed by atoms with Crippen LogP contribution in [0.25, 0.3) is 0 Å². The fraction of sp³-hybridized carbons (Fsp3) is 0.800. The van der Waals surface area contributed by atoms with Gasteiger partial charge in [-0.05, 0) is 6.42 Å². The van der Waals surface area contributed by atoms with Crippen LogP contribution in [-0.4, -0.2) is 34.8 Å². The van der Waals surface area contributed by atoms with E-state index in [0.717, 1.165) is 0 Å². The van der Waals surface area contributed by atoms with E-state index in [0.29, 0.717) is 13.0 Å². The highest BCUT2D eigenvalue weighted by molar-refractivity contribution is 4.48. The maximum absolute atomic E-state index is 8.48. The smallest absolute Gasteiger partial charge is 0.183 e. The standard InChI is InChI=1S/C5H11O4/c6-2-1-3-9-5(8)4-7/h4-8H,1-3H2. The zero-order valence-electron chi connectivity index (χ0n) is 5.03. The normalized spacial score (nSPS) is 13.7. The van der Waals surface area contributed by atoms with Gasteiger partial charge >= 0.3 is 0 Å². The Hall–Kier alpha value is -0.160. The van der Waals surface area contributed by atoms with Crippen molar-refractivity contribution >= 4 is 0 Å². The van der Waals surface area contributed by atoms with Crippen LogP contribution >= 0.6 is 0 Å². The Bertz CT molecular complexity index is 56.9. The average Bonchev–Trinajstić information content (AvgIpc) is 1.89. The predicted octanol–water partition coefficient (Wildman–Crippen LogP) is -0.762. The Balaban J connectivity index is 2.88. The molecule has 3 N–H and O–H groups in total. The highest BCUT2D eigenvalue weighted by Gasteiger charge is 1.99. The van der Waals surface area contributed by atoms with Crippen molar-refractivity contribution in [1.82, 2.24) is 0 Å². The molecule has 0 saturated carbocycles. The summed E-state index contributed by atoms with van der Waals surface area (Å²) in [5.74, 6) is 0. The molecule has 0 heterocycles. The van der Waals surface area contributed by atoms with Crippen molar-refractivity contribution in [1.29, 1.82) is 0 Å². The molecule has 0 bridgehead atoms. The molecule has 0 amide bonds. The molecule has 55 valence electrons. The van der Waals surface area contributed by atoms with Crippen LogP contribution in [0.3, 0.4) is 0 Å².